The molecule has 2 aliphatic rings. The first-order valence-electron chi connectivity index (χ1n) is 8.02. The van der Waals surface area contributed by atoms with Crippen molar-refractivity contribution in [1.82, 2.24) is 5.32 Å². The highest BCUT2D eigenvalue weighted by Crippen LogP contribution is 2.17. The van der Waals surface area contributed by atoms with E-state index in [-0.39, 0.29) is 0 Å². The third-order valence-electron chi connectivity index (χ3n) is 4.21. The molecule has 0 aromatic rings. The fourth-order valence-corrected chi connectivity index (χ4v) is 3.04. The van der Waals surface area contributed by atoms with E-state index in [1.165, 1.54) is 57.8 Å². The molecule has 110 valence electrons. The van der Waals surface area contributed by atoms with Gasteiger partial charge in [-0.15, -0.1) is 0 Å². The summed E-state index contributed by atoms with van der Waals surface area (Å²) < 4.78 is 5.70. The van der Waals surface area contributed by atoms with Crippen LogP contribution < -0.4 is 11.1 Å². The standard InChI is InChI=1S/C15H29N3O/c16-15(18-13-7-3-1-2-4-8-13)17-11-10-14-9-5-6-12-19-14/h13-14H,1-12H2,(H3,16,17,18). The van der Waals surface area contributed by atoms with Crippen molar-refractivity contribution in [3.63, 3.8) is 0 Å². The van der Waals surface area contributed by atoms with Crippen molar-refractivity contribution in [2.75, 3.05) is 13.2 Å². The van der Waals surface area contributed by atoms with Crippen molar-refractivity contribution in [3.8, 4) is 0 Å². The Hall–Kier alpha value is -0.770. The minimum Gasteiger partial charge on any atom is -0.378 e. The van der Waals surface area contributed by atoms with E-state index in [4.69, 9.17) is 10.5 Å². The van der Waals surface area contributed by atoms with Crippen LogP contribution in [0.3, 0.4) is 0 Å². The summed E-state index contributed by atoms with van der Waals surface area (Å²) >= 11 is 0. The highest BCUT2D eigenvalue weighted by Gasteiger charge is 2.14. The Morgan fingerprint density at radius 1 is 1.05 bits per heavy atom. The van der Waals surface area contributed by atoms with Gasteiger partial charge in [0.25, 0.3) is 0 Å². The van der Waals surface area contributed by atoms with E-state index in [1.807, 2.05) is 0 Å². The fraction of sp³-hybridized carbons (Fsp3) is 0.933. The van der Waals surface area contributed by atoms with Crippen LogP contribution in [-0.2, 0) is 4.74 Å². The fourth-order valence-electron chi connectivity index (χ4n) is 3.04. The lowest BCUT2D eigenvalue weighted by Crippen LogP contribution is -2.40. The molecule has 1 aliphatic carbocycles. The average molecular weight is 267 g/mol. The summed E-state index contributed by atoms with van der Waals surface area (Å²) in [6.07, 6.45) is 13.0. The number of hydrogen-bond donors (Lipinski definition) is 2. The van der Waals surface area contributed by atoms with E-state index in [0.717, 1.165) is 19.6 Å². The summed E-state index contributed by atoms with van der Waals surface area (Å²) in [6.45, 7) is 1.71. The molecule has 1 saturated heterocycles. The van der Waals surface area contributed by atoms with Crippen molar-refractivity contribution in [2.24, 2.45) is 10.7 Å². The van der Waals surface area contributed by atoms with Gasteiger partial charge in [-0.25, -0.2) is 0 Å². The molecule has 0 aromatic carbocycles. The molecule has 0 amide bonds. The number of aliphatic imine (C=N–C) groups is 1. The zero-order valence-electron chi connectivity index (χ0n) is 12.1. The van der Waals surface area contributed by atoms with E-state index < -0.39 is 0 Å². The van der Waals surface area contributed by atoms with Crippen molar-refractivity contribution in [2.45, 2.75) is 76.4 Å². The summed E-state index contributed by atoms with van der Waals surface area (Å²) in [4.78, 5) is 4.45. The number of nitrogens with two attached hydrogens (primary N) is 1. The van der Waals surface area contributed by atoms with Crippen molar-refractivity contribution >= 4 is 5.96 Å². The summed E-state index contributed by atoms with van der Waals surface area (Å²) in [5.41, 5.74) is 5.97. The van der Waals surface area contributed by atoms with Gasteiger partial charge >= 0.3 is 0 Å². The quantitative estimate of drug-likeness (QED) is 0.467. The zero-order valence-corrected chi connectivity index (χ0v) is 12.1. The molecule has 0 bridgehead atoms. The SMILES string of the molecule is NC(=NCCC1CCCCO1)NC1CCCCCC1. The maximum atomic E-state index is 5.97. The minimum absolute atomic E-state index is 0.406. The van der Waals surface area contributed by atoms with Gasteiger partial charge in [0, 0.05) is 19.2 Å². The van der Waals surface area contributed by atoms with Gasteiger partial charge in [0.2, 0.25) is 0 Å². The Morgan fingerprint density at radius 3 is 2.47 bits per heavy atom. The smallest absolute Gasteiger partial charge is 0.188 e. The normalized spacial score (nSPS) is 26.9. The topological polar surface area (TPSA) is 59.6 Å². The lowest BCUT2D eigenvalue weighted by atomic mass is 10.1. The highest BCUT2D eigenvalue weighted by atomic mass is 16.5. The van der Waals surface area contributed by atoms with Gasteiger partial charge in [-0.3, -0.25) is 4.99 Å². The van der Waals surface area contributed by atoms with Crippen LogP contribution in [0.2, 0.25) is 0 Å². The Morgan fingerprint density at radius 2 is 1.79 bits per heavy atom. The first-order chi connectivity index (χ1) is 9.34. The van der Waals surface area contributed by atoms with Gasteiger partial charge in [-0.05, 0) is 38.5 Å². The van der Waals surface area contributed by atoms with Crippen LogP contribution in [0, 0.1) is 0 Å². The van der Waals surface area contributed by atoms with Crippen molar-refractivity contribution in [1.29, 1.82) is 0 Å². The molecule has 3 N–H and O–H groups in total. The van der Waals surface area contributed by atoms with E-state index in [9.17, 15) is 0 Å². The lowest BCUT2D eigenvalue weighted by molar-refractivity contribution is 0.0129. The number of rotatable bonds is 4. The second-order valence-corrected chi connectivity index (χ2v) is 5.88. The molecule has 0 spiro atoms. The minimum atomic E-state index is 0.406. The number of ether oxygens (including phenoxy) is 1. The summed E-state index contributed by atoms with van der Waals surface area (Å²) in [7, 11) is 0. The average Bonchev–Trinajstić information content (AvgIpc) is 2.68. The van der Waals surface area contributed by atoms with Crippen LogP contribution in [0.25, 0.3) is 0 Å². The predicted molar refractivity (Wildman–Crippen MR) is 79.3 cm³/mol. The highest BCUT2D eigenvalue weighted by molar-refractivity contribution is 5.78. The van der Waals surface area contributed by atoms with Gasteiger partial charge in [-0.2, -0.15) is 0 Å². The third-order valence-corrected chi connectivity index (χ3v) is 4.21. The van der Waals surface area contributed by atoms with Gasteiger partial charge in [0.1, 0.15) is 0 Å². The second-order valence-electron chi connectivity index (χ2n) is 5.88. The van der Waals surface area contributed by atoms with Gasteiger partial charge < -0.3 is 15.8 Å². The molecule has 1 unspecified atom stereocenters. The van der Waals surface area contributed by atoms with Crippen LogP contribution in [0.15, 0.2) is 4.99 Å². The third kappa shape index (κ3) is 5.81. The molecule has 2 rings (SSSR count). The molecule has 19 heavy (non-hydrogen) atoms. The van der Waals surface area contributed by atoms with E-state index >= 15 is 0 Å². The first kappa shape index (κ1) is 14.6. The monoisotopic (exact) mass is 267 g/mol. The van der Waals surface area contributed by atoms with Crippen LogP contribution in [0.1, 0.15) is 64.2 Å². The lowest BCUT2D eigenvalue weighted by Gasteiger charge is -2.22. The number of guanidine groups is 1. The number of hydrogen-bond acceptors (Lipinski definition) is 2. The maximum Gasteiger partial charge on any atom is 0.188 e. The predicted octanol–water partition coefficient (Wildman–Crippen LogP) is 2.57. The van der Waals surface area contributed by atoms with E-state index in [2.05, 4.69) is 10.3 Å². The van der Waals surface area contributed by atoms with E-state index in [1.54, 1.807) is 0 Å². The Balaban J connectivity index is 1.63. The Labute approximate surface area is 117 Å². The van der Waals surface area contributed by atoms with E-state index in [0.29, 0.717) is 18.1 Å². The molecular formula is C15H29N3O. The Bertz CT molecular complexity index is 267. The summed E-state index contributed by atoms with van der Waals surface area (Å²) in [5, 5.41) is 3.38. The van der Waals surface area contributed by atoms with Crippen molar-refractivity contribution in [3.05, 3.63) is 0 Å². The molecule has 0 aromatic heterocycles. The molecule has 1 heterocycles. The number of nitrogens with one attached hydrogen (secondary N) is 1. The Kier molecular flexibility index (Phi) is 6.48. The summed E-state index contributed by atoms with van der Waals surface area (Å²) in [5.74, 6) is 0.628. The molecule has 1 atom stereocenters. The second kappa shape index (κ2) is 8.41. The van der Waals surface area contributed by atoms with Crippen LogP contribution in [0.4, 0.5) is 0 Å². The molecule has 1 saturated carbocycles. The molecule has 2 fully saturated rings. The molecule has 0 radical (unpaired) electrons. The summed E-state index contributed by atoms with van der Waals surface area (Å²) in [6, 6.07) is 0.539. The molecular weight excluding hydrogens is 238 g/mol. The maximum absolute atomic E-state index is 5.97. The van der Waals surface area contributed by atoms with Crippen LogP contribution in [0.5, 0.6) is 0 Å². The molecule has 4 nitrogen and oxygen atoms in total. The zero-order chi connectivity index (χ0) is 13.3. The van der Waals surface area contributed by atoms with Crippen LogP contribution >= 0.6 is 0 Å². The largest absolute Gasteiger partial charge is 0.378 e. The van der Waals surface area contributed by atoms with Gasteiger partial charge in [0.05, 0.1) is 6.10 Å². The van der Waals surface area contributed by atoms with Gasteiger partial charge in [0.15, 0.2) is 5.96 Å². The van der Waals surface area contributed by atoms with Crippen molar-refractivity contribution < 1.29 is 4.74 Å². The van der Waals surface area contributed by atoms with Gasteiger partial charge in [-0.1, -0.05) is 25.7 Å². The number of nitrogens with zero attached hydrogens (tertiary/aromatic N) is 1. The molecule has 1 aliphatic heterocycles. The van der Waals surface area contributed by atoms with Crippen LogP contribution in [-0.4, -0.2) is 31.3 Å². The first-order valence-corrected chi connectivity index (χ1v) is 8.02. The molecule has 4 heteroatoms.